The molecule has 0 amide bonds. The molecule has 0 spiro atoms. The summed E-state index contributed by atoms with van der Waals surface area (Å²) in [6.45, 7) is 3.57. The molecule has 0 saturated heterocycles. The third kappa shape index (κ3) is 2.04. The van der Waals surface area contributed by atoms with Crippen LogP contribution in [0.2, 0.25) is 0 Å². The maximum atomic E-state index is 10.5. The Labute approximate surface area is 81.7 Å². The highest BCUT2D eigenvalue weighted by Crippen LogP contribution is 2.28. The number of carbonyl (C=O) groups is 1. The molecule has 5 nitrogen and oxygen atoms in total. The summed E-state index contributed by atoms with van der Waals surface area (Å²) in [7, 11) is 1.50. The highest BCUT2D eigenvalue weighted by molar-refractivity contribution is 5.67. The molecule has 14 heavy (non-hydrogen) atoms. The van der Waals surface area contributed by atoms with Gasteiger partial charge in [-0.1, -0.05) is 6.92 Å². The van der Waals surface area contributed by atoms with Crippen LogP contribution in [-0.4, -0.2) is 23.3 Å². The molecule has 1 aromatic rings. The average molecular weight is 199 g/mol. The predicted octanol–water partition coefficient (Wildman–Crippen LogP) is 1.57. The fraction of sp³-hybridized carbons (Fsp3) is 0.556. The summed E-state index contributed by atoms with van der Waals surface area (Å²) in [5.41, 5.74) is 0.765. The van der Waals surface area contributed by atoms with Crippen molar-refractivity contribution in [3.63, 3.8) is 0 Å². The molecule has 0 aromatic carbocycles. The van der Waals surface area contributed by atoms with E-state index in [-0.39, 0.29) is 12.3 Å². The standard InChI is InChI=1S/C9H13NO4/c1-5(4-7(11)12)8-6(2)9(13-3)10-14-8/h5H,4H2,1-3H3,(H,11,12). The zero-order valence-electron chi connectivity index (χ0n) is 8.40. The van der Waals surface area contributed by atoms with E-state index in [0.29, 0.717) is 11.6 Å². The number of ether oxygens (including phenoxy) is 1. The summed E-state index contributed by atoms with van der Waals surface area (Å²) < 4.78 is 9.94. The van der Waals surface area contributed by atoms with Gasteiger partial charge in [-0.25, -0.2) is 0 Å². The van der Waals surface area contributed by atoms with Gasteiger partial charge in [0.05, 0.1) is 19.1 Å². The summed E-state index contributed by atoms with van der Waals surface area (Å²) in [6, 6.07) is 0. The second kappa shape index (κ2) is 4.13. The molecule has 0 aliphatic heterocycles. The summed E-state index contributed by atoms with van der Waals surface area (Å²) in [6.07, 6.45) is 0.0270. The van der Waals surface area contributed by atoms with Crippen molar-refractivity contribution in [2.75, 3.05) is 7.11 Å². The quantitative estimate of drug-likeness (QED) is 0.796. The number of aliphatic carboxylic acids is 1. The number of hydrogen-bond donors (Lipinski definition) is 1. The molecule has 0 aliphatic rings. The van der Waals surface area contributed by atoms with Crippen LogP contribution >= 0.6 is 0 Å². The highest BCUT2D eigenvalue weighted by Gasteiger charge is 2.20. The zero-order chi connectivity index (χ0) is 10.7. The Morgan fingerprint density at radius 2 is 2.36 bits per heavy atom. The third-order valence-corrected chi connectivity index (χ3v) is 2.04. The molecule has 0 fully saturated rings. The molecule has 1 unspecified atom stereocenters. The molecule has 0 bridgehead atoms. The van der Waals surface area contributed by atoms with Crippen molar-refractivity contribution in [3.8, 4) is 5.88 Å². The first-order valence-corrected chi connectivity index (χ1v) is 4.28. The van der Waals surface area contributed by atoms with E-state index in [9.17, 15) is 4.79 Å². The minimum absolute atomic E-state index is 0.0270. The number of rotatable bonds is 4. The maximum Gasteiger partial charge on any atom is 0.304 e. The lowest BCUT2D eigenvalue weighted by Crippen LogP contribution is -2.03. The second-order valence-corrected chi connectivity index (χ2v) is 3.18. The largest absolute Gasteiger partial charge is 0.481 e. The summed E-state index contributed by atoms with van der Waals surface area (Å²) in [5.74, 6) is -0.0577. The van der Waals surface area contributed by atoms with Crippen molar-refractivity contribution >= 4 is 5.97 Å². The fourth-order valence-corrected chi connectivity index (χ4v) is 1.34. The van der Waals surface area contributed by atoms with Crippen molar-refractivity contribution in [3.05, 3.63) is 11.3 Å². The molecular weight excluding hydrogens is 186 g/mol. The molecule has 0 aliphatic carbocycles. The van der Waals surface area contributed by atoms with Crippen molar-refractivity contribution in [1.29, 1.82) is 0 Å². The Bertz CT molecular complexity index is 332. The van der Waals surface area contributed by atoms with Gasteiger partial charge < -0.3 is 14.4 Å². The number of methoxy groups -OCH3 is 1. The molecular formula is C9H13NO4. The van der Waals surface area contributed by atoms with Crippen molar-refractivity contribution in [2.24, 2.45) is 0 Å². The van der Waals surface area contributed by atoms with E-state index in [2.05, 4.69) is 5.16 Å². The van der Waals surface area contributed by atoms with Crippen molar-refractivity contribution in [2.45, 2.75) is 26.2 Å². The summed E-state index contributed by atoms with van der Waals surface area (Å²) >= 11 is 0. The number of hydrogen-bond acceptors (Lipinski definition) is 4. The normalized spacial score (nSPS) is 12.5. The van der Waals surface area contributed by atoms with Gasteiger partial charge in [0, 0.05) is 5.92 Å². The first-order chi connectivity index (χ1) is 6.56. The topological polar surface area (TPSA) is 72.6 Å². The molecule has 1 aromatic heterocycles. The number of carboxylic acid groups (broad SMARTS) is 1. The number of aromatic nitrogens is 1. The zero-order valence-corrected chi connectivity index (χ0v) is 8.40. The molecule has 1 heterocycles. The van der Waals surface area contributed by atoms with Gasteiger partial charge in [0.15, 0.2) is 0 Å². The van der Waals surface area contributed by atoms with Gasteiger partial charge in [-0.3, -0.25) is 4.79 Å². The van der Waals surface area contributed by atoms with E-state index in [1.807, 2.05) is 0 Å². The number of nitrogens with zero attached hydrogens (tertiary/aromatic N) is 1. The van der Waals surface area contributed by atoms with E-state index in [4.69, 9.17) is 14.4 Å². The van der Waals surface area contributed by atoms with Gasteiger partial charge >= 0.3 is 5.97 Å². The van der Waals surface area contributed by atoms with Crippen LogP contribution in [0.15, 0.2) is 4.52 Å². The minimum atomic E-state index is -0.854. The Kier molecular flexibility index (Phi) is 3.11. The van der Waals surface area contributed by atoms with Crippen LogP contribution in [0.3, 0.4) is 0 Å². The van der Waals surface area contributed by atoms with E-state index >= 15 is 0 Å². The van der Waals surface area contributed by atoms with Crippen LogP contribution in [0.5, 0.6) is 5.88 Å². The summed E-state index contributed by atoms with van der Waals surface area (Å²) in [5, 5.41) is 12.3. The molecule has 1 rings (SSSR count). The van der Waals surface area contributed by atoms with Crippen molar-refractivity contribution in [1.82, 2.24) is 5.16 Å². The fourth-order valence-electron chi connectivity index (χ4n) is 1.34. The van der Waals surface area contributed by atoms with Crippen LogP contribution in [0.4, 0.5) is 0 Å². The molecule has 5 heteroatoms. The predicted molar refractivity (Wildman–Crippen MR) is 48.5 cm³/mol. The van der Waals surface area contributed by atoms with Gasteiger partial charge in [0.25, 0.3) is 5.88 Å². The van der Waals surface area contributed by atoms with Crippen LogP contribution in [0, 0.1) is 6.92 Å². The average Bonchev–Trinajstić information content (AvgIpc) is 2.45. The third-order valence-electron chi connectivity index (χ3n) is 2.04. The van der Waals surface area contributed by atoms with Crippen LogP contribution in [0.25, 0.3) is 0 Å². The van der Waals surface area contributed by atoms with Gasteiger partial charge in [-0.05, 0) is 12.1 Å². The van der Waals surface area contributed by atoms with E-state index in [0.717, 1.165) is 5.56 Å². The molecule has 1 atom stereocenters. The lowest BCUT2D eigenvalue weighted by atomic mass is 10.0. The maximum absolute atomic E-state index is 10.5. The van der Waals surface area contributed by atoms with E-state index in [1.54, 1.807) is 13.8 Å². The second-order valence-electron chi connectivity index (χ2n) is 3.18. The SMILES string of the molecule is COc1noc(C(C)CC(=O)O)c1C. The molecule has 0 radical (unpaired) electrons. The monoisotopic (exact) mass is 199 g/mol. The van der Waals surface area contributed by atoms with E-state index in [1.165, 1.54) is 7.11 Å². The Morgan fingerprint density at radius 1 is 1.71 bits per heavy atom. The Balaban J connectivity index is 2.84. The lowest BCUT2D eigenvalue weighted by molar-refractivity contribution is -0.137. The lowest BCUT2D eigenvalue weighted by Gasteiger charge is -2.04. The summed E-state index contributed by atoms with van der Waals surface area (Å²) in [4.78, 5) is 10.5. The van der Waals surface area contributed by atoms with Crippen LogP contribution < -0.4 is 4.74 Å². The number of carboxylic acids is 1. The highest BCUT2D eigenvalue weighted by atomic mass is 16.5. The Hall–Kier alpha value is -1.52. The first kappa shape index (κ1) is 10.6. The van der Waals surface area contributed by atoms with Gasteiger partial charge in [-0.15, -0.1) is 0 Å². The van der Waals surface area contributed by atoms with Gasteiger partial charge in [-0.2, -0.15) is 0 Å². The van der Waals surface area contributed by atoms with Crippen LogP contribution in [0.1, 0.15) is 30.6 Å². The minimum Gasteiger partial charge on any atom is -0.481 e. The van der Waals surface area contributed by atoms with Gasteiger partial charge in [0.2, 0.25) is 0 Å². The Morgan fingerprint density at radius 3 is 2.79 bits per heavy atom. The van der Waals surface area contributed by atoms with E-state index < -0.39 is 5.97 Å². The smallest absolute Gasteiger partial charge is 0.304 e. The van der Waals surface area contributed by atoms with Crippen molar-refractivity contribution < 1.29 is 19.2 Å². The molecule has 0 saturated carbocycles. The first-order valence-electron chi connectivity index (χ1n) is 4.28. The van der Waals surface area contributed by atoms with Gasteiger partial charge in [0.1, 0.15) is 5.76 Å². The molecule has 78 valence electrons. The molecule has 1 N–H and O–H groups in total. The van der Waals surface area contributed by atoms with Crippen LogP contribution in [-0.2, 0) is 4.79 Å².